The normalized spacial score (nSPS) is 14.3. The SMILES string of the molecule is CCSc1nc(N2CCOCC2)cc(C)c1C(=O)NCc1cccc(Cl)c1. The number of hydrogen-bond acceptors (Lipinski definition) is 5. The summed E-state index contributed by atoms with van der Waals surface area (Å²) >= 11 is 7.62. The average Bonchev–Trinajstić information content (AvgIpc) is 2.67. The van der Waals surface area contributed by atoms with Crippen LogP contribution in [0.5, 0.6) is 0 Å². The molecule has 0 aliphatic carbocycles. The van der Waals surface area contributed by atoms with Crippen molar-refractivity contribution in [2.24, 2.45) is 0 Å². The van der Waals surface area contributed by atoms with E-state index in [1.165, 1.54) is 0 Å². The molecule has 0 spiro atoms. The summed E-state index contributed by atoms with van der Waals surface area (Å²) in [5.74, 6) is 1.66. The number of benzene rings is 1. The molecule has 0 bridgehead atoms. The molecule has 1 N–H and O–H groups in total. The first-order valence-corrected chi connectivity index (χ1v) is 10.4. The van der Waals surface area contributed by atoms with Gasteiger partial charge in [0.25, 0.3) is 5.91 Å². The van der Waals surface area contributed by atoms with E-state index in [0.717, 1.165) is 40.8 Å². The molecule has 1 aromatic carbocycles. The van der Waals surface area contributed by atoms with E-state index in [1.54, 1.807) is 11.8 Å². The van der Waals surface area contributed by atoms with E-state index in [2.05, 4.69) is 17.1 Å². The lowest BCUT2D eigenvalue weighted by Gasteiger charge is -2.28. The van der Waals surface area contributed by atoms with Gasteiger partial charge in [-0.15, -0.1) is 11.8 Å². The number of nitrogens with one attached hydrogen (secondary N) is 1. The minimum atomic E-state index is -0.107. The molecule has 1 fully saturated rings. The molecule has 1 aliphatic rings. The molecule has 0 saturated carbocycles. The van der Waals surface area contributed by atoms with Crippen LogP contribution in [-0.2, 0) is 11.3 Å². The lowest BCUT2D eigenvalue weighted by atomic mass is 10.1. The van der Waals surface area contributed by atoms with Crippen molar-refractivity contribution in [2.75, 3.05) is 37.0 Å². The number of halogens is 1. The fraction of sp³-hybridized carbons (Fsp3) is 0.400. The maximum atomic E-state index is 12.9. The molecule has 2 heterocycles. The predicted molar refractivity (Wildman–Crippen MR) is 111 cm³/mol. The molecule has 144 valence electrons. The molecule has 2 aromatic rings. The van der Waals surface area contributed by atoms with Crippen LogP contribution >= 0.6 is 23.4 Å². The Labute approximate surface area is 169 Å². The van der Waals surface area contributed by atoms with Gasteiger partial charge >= 0.3 is 0 Å². The minimum absolute atomic E-state index is 0.107. The van der Waals surface area contributed by atoms with Crippen LogP contribution in [0.3, 0.4) is 0 Å². The van der Waals surface area contributed by atoms with Crippen molar-refractivity contribution >= 4 is 35.1 Å². The Balaban J connectivity index is 1.81. The highest BCUT2D eigenvalue weighted by molar-refractivity contribution is 7.99. The number of amides is 1. The van der Waals surface area contributed by atoms with Crippen molar-refractivity contribution in [1.29, 1.82) is 0 Å². The van der Waals surface area contributed by atoms with Crippen LogP contribution in [0.25, 0.3) is 0 Å². The molecule has 27 heavy (non-hydrogen) atoms. The summed E-state index contributed by atoms with van der Waals surface area (Å²) < 4.78 is 5.43. The number of hydrogen-bond donors (Lipinski definition) is 1. The largest absolute Gasteiger partial charge is 0.378 e. The van der Waals surface area contributed by atoms with Gasteiger partial charge in [-0.1, -0.05) is 30.7 Å². The Morgan fingerprint density at radius 3 is 2.81 bits per heavy atom. The maximum absolute atomic E-state index is 12.9. The first-order valence-electron chi connectivity index (χ1n) is 9.08. The van der Waals surface area contributed by atoms with Gasteiger partial charge in [-0.2, -0.15) is 0 Å². The summed E-state index contributed by atoms with van der Waals surface area (Å²) in [6, 6.07) is 9.50. The number of aromatic nitrogens is 1. The highest BCUT2D eigenvalue weighted by Gasteiger charge is 2.20. The van der Waals surface area contributed by atoms with Crippen molar-refractivity contribution in [1.82, 2.24) is 10.3 Å². The van der Waals surface area contributed by atoms with Crippen LogP contribution in [0.1, 0.15) is 28.4 Å². The van der Waals surface area contributed by atoms with Gasteiger partial charge < -0.3 is 15.0 Å². The molecule has 5 nitrogen and oxygen atoms in total. The number of thioether (sulfide) groups is 1. The highest BCUT2D eigenvalue weighted by atomic mass is 35.5. The molecular formula is C20H24ClN3O2S. The zero-order valence-electron chi connectivity index (χ0n) is 15.6. The fourth-order valence-electron chi connectivity index (χ4n) is 3.02. The second-order valence-electron chi connectivity index (χ2n) is 6.32. The van der Waals surface area contributed by atoms with Crippen molar-refractivity contribution in [2.45, 2.75) is 25.4 Å². The molecule has 1 saturated heterocycles. The van der Waals surface area contributed by atoms with Crippen LogP contribution in [-0.4, -0.2) is 42.9 Å². The molecule has 0 atom stereocenters. The molecule has 7 heteroatoms. The summed E-state index contributed by atoms with van der Waals surface area (Å²) in [5.41, 5.74) is 2.56. The van der Waals surface area contributed by atoms with Crippen molar-refractivity contribution in [3.05, 3.63) is 52.0 Å². The topological polar surface area (TPSA) is 54.5 Å². The predicted octanol–water partition coefficient (Wildman–Crippen LogP) is 3.92. The van der Waals surface area contributed by atoms with Crippen LogP contribution < -0.4 is 10.2 Å². The molecule has 3 rings (SSSR count). The van der Waals surface area contributed by atoms with Gasteiger partial charge in [-0.25, -0.2) is 4.98 Å². The van der Waals surface area contributed by atoms with Crippen molar-refractivity contribution < 1.29 is 9.53 Å². The number of aryl methyl sites for hydroxylation is 1. The molecule has 0 radical (unpaired) electrons. The third-order valence-electron chi connectivity index (χ3n) is 4.36. The number of carbonyl (C=O) groups excluding carboxylic acids is 1. The Morgan fingerprint density at radius 2 is 2.11 bits per heavy atom. The first kappa shape index (κ1) is 20.0. The zero-order chi connectivity index (χ0) is 19.2. The summed E-state index contributed by atoms with van der Waals surface area (Å²) in [6.07, 6.45) is 0. The van der Waals surface area contributed by atoms with Gasteiger partial charge in [0, 0.05) is 24.7 Å². The molecular weight excluding hydrogens is 382 g/mol. The Hall–Kier alpha value is -1.76. The third-order valence-corrected chi connectivity index (χ3v) is 5.45. The fourth-order valence-corrected chi connectivity index (χ4v) is 4.06. The number of ether oxygens (including phenoxy) is 1. The lowest BCUT2D eigenvalue weighted by Crippen LogP contribution is -2.37. The third kappa shape index (κ3) is 5.15. The molecule has 0 unspecified atom stereocenters. The number of pyridine rings is 1. The Kier molecular flexibility index (Phi) is 6.99. The number of carbonyl (C=O) groups is 1. The van der Waals surface area contributed by atoms with E-state index < -0.39 is 0 Å². The van der Waals surface area contributed by atoms with E-state index in [9.17, 15) is 4.79 Å². The highest BCUT2D eigenvalue weighted by Crippen LogP contribution is 2.28. The standard InChI is InChI=1S/C20H24ClN3O2S/c1-3-27-20-18(19(25)22-13-15-5-4-6-16(21)12-15)14(2)11-17(23-20)24-7-9-26-10-8-24/h4-6,11-12H,3,7-10,13H2,1-2H3,(H,22,25). The van der Waals surface area contributed by atoms with E-state index in [4.69, 9.17) is 21.3 Å². The summed E-state index contributed by atoms with van der Waals surface area (Å²) in [5, 5.41) is 4.44. The Morgan fingerprint density at radius 1 is 1.33 bits per heavy atom. The number of anilines is 1. The van der Waals surface area contributed by atoms with E-state index in [1.807, 2.05) is 37.3 Å². The van der Waals surface area contributed by atoms with Crippen LogP contribution in [0.2, 0.25) is 5.02 Å². The van der Waals surface area contributed by atoms with Crippen molar-refractivity contribution in [3.63, 3.8) is 0 Å². The van der Waals surface area contributed by atoms with E-state index in [0.29, 0.717) is 30.3 Å². The molecule has 1 aliphatic heterocycles. The zero-order valence-corrected chi connectivity index (χ0v) is 17.2. The van der Waals surface area contributed by atoms with Gasteiger partial charge in [-0.3, -0.25) is 4.79 Å². The summed E-state index contributed by atoms with van der Waals surface area (Å²) in [7, 11) is 0. The summed E-state index contributed by atoms with van der Waals surface area (Å²) in [4.78, 5) is 19.9. The number of rotatable bonds is 6. The van der Waals surface area contributed by atoms with Gasteiger partial charge in [0.15, 0.2) is 0 Å². The van der Waals surface area contributed by atoms with Gasteiger partial charge in [0.2, 0.25) is 0 Å². The maximum Gasteiger partial charge on any atom is 0.254 e. The second kappa shape index (κ2) is 9.44. The first-order chi connectivity index (χ1) is 13.1. The summed E-state index contributed by atoms with van der Waals surface area (Å²) in [6.45, 7) is 7.53. The molecule has 1 aromatic heterocycles. The van der Waals surface area contributed by atoms with Crippen LogP contribution in [0, 0.1) is 6.92 Å². The monoisotopic (exact) mass is 405 g/mol. The van der Waals surface area contributed by atoms with Gasteiger partial charge in [-0.05, 0) is 42.0 Å². The quantitative estimate of drug-likeness (QED) is 0.738. The smallest absolute Gasteiger partial charge is 0.254 e. The van der Waals surface area contributed by atoms with Crippen LogP contribution in [0.15, 0.2) is 35.4 Å². The van der Waals surface area contributed by atoms with E-state index in [-0.39, 0.29) is 5.91 Å². The number of nitrogens with zero attached hydrogens (tertiary/aromatic N) is 2. The van der Waals surface area contributed by atoms with Crippen molar-refractivity contribution in [3.8, 4) is 0 Å². The Bertz CT molecular complexity index is 810. The lowest BCUT2D eigenvalue weighted by molar-refractivity contribution is 0.0946. The minimum Gasteiger partial charge on any atom is -0.378 e. The van der Waals surface area contributed by atoms with E-state index >= 15 is 0 Å². The van der Waals surface area contributed by atoms with Crippen LogP contribution in [0.4, 0.5) is 5.82 Å². The average molecular weight is 406 g/mol. The van der Waals surface area contributed by atoms with Gasteiger partial charge in [0.05, 0.1) is 18.8 Å². The second-order valence-corrected chi connectivity index (χ2v) is 8.01. The number of morpholine rings is 1. The van der Waals surface area contributed by atoms with Gasteiger partial charge in [0.1, 0.15) is 10.8 Å². The molecule has 1 amide bonds.